The van der Waals surface area contributed by atoms with E-state index in [0.717, 1.165) is 32.1 Å². The van der Waals surface area contributed by atoms with E-state index in [1.807, 2.05) is 0 Å². The van der Waals surface area contributed by atoms with E-state index in [1.165, 1.54) is 12.5 Å². The smallest absolute Gasteiger partial charge is 0.312 e. The number of carbonyl (C=O) groups is 1. The number of carboxylic acid groups (broad SMARTS) is 1. The zero-order valence-corrected chi connectivity index (χ0v) is 33.9. The van der Waals surface area contributed by atoms with E-state index in [2.05, 4.69) is 54.5 Å². The summed E-state index contributed by atoms with van der Waals surface area (Å²) < 4.78 is 19.1. The molecule has 0 unspecified atom stereocenters. The Kier molecular flexibility index (Phi) is 10.2. The summed E-state index contributed by atoms with van der Waals surface area (Å²) in [6.07, 6.45) is -7.92. The molecule has 2 aliphatic heterocycles. The largest absolute Gasteiger partial charge is 0.481 e. The van der Waals surface area contributed by atoms with Gasteiger partial charge in [0.05, 0.1) is 24.9 Å². The Hall–Kier alpha value is -1.23. The van der Waals surface area contributed by atoms with E-state index < -0.39 is 102 Å². The molecule has 7 aliphatic rings. The molecule has 13 heteroatoms. The van der Waals surface area contributed by atoms with Crippen molar-refractivity contribution in [3.63, 3.8) is 0 Å². The van der Waals surface area contributed by atoms with Crippen molar-refractivity contribution in [2.24, 2.45) is 50.2 Å². The Labute approximate surface area is 325 Å². The highest BCUT2D eigenvalue weighted by Gasteiger charge is 2.72. The SMILES string of the molecule is C[C@@H]1O[C@H]([C@]2(O[C@H]3CC[C@]4(C)[C@H]5CC=C6[C@@H]7CC(C)(C)CC[C@]7(C(=O)O)[C@H](O)C[C@@]6(C)[C@]5(C)CC[C@H]4C3(C)C)O[C@@H](CO)[C@H](O)[C@@H](O)[C@@H]2O)[C@@H](O)[C@H](O)[C@H]1O. The van der Waals surface area contributed by atoms with Gasteiger partial charge in [0.2, 0.25) is 5.79 Å². The van der Waals surface area contributed by atoms with E-state index in [4.69, 9.17) is 14.2 Å². The fourth-order valence-electron chi connectivity index (χ4n) is 14.1. The van der Waals surface area contributed by atoms with Gasteiger partial charge in [-0.05, 0) is 110 Å². The van der Waals surface area contributed by atoms with Crippen molar-refractivity contribution in [1.82, 2.24) is 0 Å². The van der Waals surface area contributed by atoms with Crippen LogP contribution in [0.3, 0.4) is 0 Å². The molecule has 0 radical (unpaired) electrons. The second kappa shape index (κ2) is 13.4. The van der Waals surface area contributed by atoms with Crippen LogP contribution in [0.4, 0.5) is 0 Å². The molecule has 5 aliphatic carbocycles. The van der Waals surface area contributed by atoms with Crippen molar-refractivity contribution in [3.05, 3.63) is 11.6 Å². The monoisotopic (exact) mass is 780 g/mol. The molecule has 19 atom stereocenters. The van der Waals surface area contributed by atoms with Crippen LogP contribution < -0.4 is 0 Å². The number of aliphatic carboxylic acids is 1. The molecule has 0 aromatic carbocycles. The molecule has 9 N–H and O–H groups in total. The van der Waals surface area contributed by atoms with Crippen LogP contribution in [0.2, 0.25) is 0 Å². The molecular weight excluding hydrogens is 712 g/mol. The Balaban J connectivity index is 1.24. The summed E-state index contributed by atoms with van der Waals surface area (Å²) in [5, 5.41) is 99.3. The first-order chi connectivity index (χ1) is 25.4. The topological polar surface area (TPSA) is 227 Å². The van der Waals surface area contributed by atoms with Crippen molar-refractivity contribution in [1.29, 1.82) is 0 Å². The van der Waals surface area contributed by atoms with E-state index in [1.54, 1.807) is 0 Å². The molecule has 4 saturated carbocycles. The minimum absolute atomic E-state index is 0.0425. The normalized spacial score (nSPS) is 55.9. The van der Waals surface area contributed by atoms with Crippen LogP contribution in [0.5, 0.6) is 0 Å². The Bertz CT molecular complexity index is 1530. The number of hydrogen-bond donors (Lipinski definition) is 9. The van der Waals surface area contributed by atoms with E-state index in [0.29, 0.717) is 25.7 Å². The highest BCUT2D eigenvalue weighted by molar-refractivity contribution is 5.77. The number of hydrogen-bond acceptors (Lipinski definition) is 12. The van der Waals surface area contributed by atoms with Crippen LogP contribution in [0.1, 0.15) is 113 Å². The molecule has 0 bridgehead atoms. The molecule has 2 saturated heterocycles. The summed E-state index contributed by atoms with van der Waals surface area (Å²) in [7, 11) is 0. The van der Waals surface area contributed by atoms with Gasteiger partial charge in [0.1, 0.15) is 54.2 Å². The highest BCUT2D eigenvalue weighted by Crippen LogP contribution is 2.76. The number of aliphatic hydroxyl groups is 8. The fraction of sp³-hybridized carbons (Fsp3) is 0.929. The summed E-state index contributed by atoms with van der Waals surface area (Å²) >= 11 is 0. The zero-order valence-electron chi connectivity index (χ0n) is 33.9. The van der Waals surface area contributed by atoms with Gasteiger partial charge in [-0.25, -0.2) is 0 Å². The van der Waals surface area contributed by atoms with Gasteiger partial charge in [-0.15, -0.1) is 0 Å². The molecule has 0 amide bonds. The maximum Gasteiger partial charge on any atom is 0.312 e. The van der Waals surface area contributed by atoms with Crippen LogP contribution in [0, 0.1) is 50.2 Å². The summed E-state index contributed by atoms with van der Waals surface area (Å²) in [4.78, 5) is 13.1. The van der Waals surface area contributed by atoms with E-state index in [-0.39, 0.29) is 34.0 Å². The summed E-state index contributed by atoms with van der Waals surface area (Å²) in [6, 6.07) is 0. The van der Waals surface area contributed by atoms with E-state index in [9.17, 15) is 50.8 Å². The summed E-state index contributed by atoms with van der Waals surface area (Å²) in [5.74, 6) is -3.23. The third kappa shape index (κ3) is 5.61. The number of ether oxygens (including phenoxy) is 3. The van der Waals surface area contributed by atoms with Gasteiger partial charge in [-0.2, -0.15) is 0 Å². The minimum atomic E-state index is -2.35. The Morgan fingerprint density at radius 3 is 2.13 bits per heavy atom. The minimum Gasteiger partial charge on any atom is -0.481 e. The Morgan fingerprint density at radius 2 is 1.49 bits per heavy atom. The molecule has 0 spiro atoms. The van der Waals surface area contributed by atoms with Gasteiger partial charge in [0, 0.05) is 0 Å². The lowest BCUT2D eigenvalue weighted by Crippen LogP contribution is -2.76. The predicted molar refractivity (Wildman–Crippen MR) is 198 cm³/mol. The number of carboxylic acids is 1. The molecule has 6 fully saturated rings. The third-order valence-electron chi connectivity index (χ3n) is 17.6. The first-order valence-corrected chi connectivity index (χ1v) is 20.7. The highest BCUT2D eigenvalue weighted by atomic mass is 16.8. The molecule has 7 rings (SSSR count). The van der Waals surface area contributed by atoms with Gasteiger partial charge in [-0.1, -0.05) is 60.1 Å². The average Bonchev–Trinajstić information content (AvgIpc) is 3.10. The van der Waals surface area contributed by atoms with Crippen molar-refractivity contribution >= 4 is 5.97 Å². The fourth-order valence-corrected chi connectivity index (χ4v) is 14.1. The first kappa shape index (κ1) is 41.9. The molecule has 314 valence electrons. The van der Waals surface area contributed by atoms with E-state index >= 15 is 0 Å². The number of fused-ring (bicyclic) bond motifs is 7. The molecule has 0 aromatic rings. The maximum absolute atomic E-state index is 13.1. The van der Waals surface area contributed by atoms with Gasteiger partial charge in [0.25, 0.3) is 0 Å². The van der Waals surface area contributed by atoms with Crippen LogP contribution in [0.25, 0.3) is 0 Å². The van der Waals surface area contributed by atoms with Crippen molar-refractivity contribution in [2.45, 2.75) is 186 Å². The van der Waals surface area contributed by atoms with Crippen molar-refractivity contribution < 1.29 is 65.0 Å². The predicted octanol–water partition coefficient (Wildman–Crippen LogP) is 2.27. The van der Waals surface area contributed by atoms with Gasteiger partial charge >= 0.3 is 5.97 Å². The lowest BCUT2D eigenvalue weighted by atomic mass is 9.33. The summed E-state index contributed by atoms with van der Waals surface area (Å²) in [6.45, 7) is 16.4. The lowest BCUT2D eigenvalue weighted by molar-refractivity contribution is -0.434. The average molecular weight is 781 g/mol. The number of rotatable bonds is 5. The standard InChI is InChI=1S/C42H68O13/c1-20-28(45)30(47)32(49)34(53-20)42(33(50)31(48)29(46)23(19-43)54-42)55-27-12-13-38(6)24(37(27,4)5)11-14-39(7)25(38)10-9-21-22-17-36(2,3)15-16-41(22,35(51)52)26(44)18-40(21,39)8/h9,20,22-34,43-50H,10-19H2,1-8H3,(H,51,52)/t20-,22-,23-,24-,25+,26+,27-,28-,29-,30+,31+,32-,33-,34-,38-,39+,40+,41+,42-/m0/s1. The lowest BCUT2D eigenvalue weighted by Gasteiger charge is -2.72. The molecular formula is C42H68O13. The van der Waals surface area contributed by atoms with Crippen LogP contribution in [-0.2, 0) is 19.0 Å². The molecule has 55 heavy (non-hydrogen) atoms. The van der Waals surface area contributed by atoms with Crippen LogP contribution in [-0.4, -0.2) is 131 Å². The number of allylic oxidation sites excluding steroid dienone is 2. The van der Waals surface area contributed by atoms with Gasteiger partial charge in [-0.3, -0.25) is 4.79 Å². The van der Waals surface area contributed by atoms with Gasteiger partial charge in [0.15, 0.2) is 0 Å². The van der Waals surface area contributed by atoms with Crippen molar-refractivity contribution in [2.75, 3.05) is 6.61 Å². The number of aliphatic hydroxyl groups excluding tert-OH is 8. The van der Waals surface area contributed by atoms with Crippen LogP contribution in [0.15, 0.2) is 11.6 Å². The zero-order chi connectivity index (χ0) is 40.6. The molecule has 2 heterocycles. The third-order valence-corrected chi connectivity index (χ3v) is 17.6. The first-order valence-electron chi connectivity index (χ1n) is 20.7. The second-order valence-electron chi connectivity index (χ2n) is 21.0. The van der Waals surface area contributed by atoms with Gasteiger partial charge < -0.3 is 60.2 Å². The molecule has 13 nitrogen and oxygen atoms in total. The van der Waals surface area contributed by atoms with Crippen LogP contribution >= 0.6 is 0 Å². The maximum atomic E-state index is 13.1. The Morgan fingerprint density at radius 1 is 0.818 bits per heavy atom. The molecule has 0 aromatic heterocycles. The quantitative estimate of drug-likeness (QED) is 0.144. The summed E-state index contributed by atoms with van der Waals surface area (Å²) in [5.41, 5.74) is -1.52. The second-order valence-corrected chi connectivity index (χ2v) is 21.0. The van der Waals surface area contributed by atoms with Crippen molar-refractivity contribution in [3.8, 4) is 0 Å².